The van der Waals surface area contributed by atoms with Crippen LogP contribution in [-0.4, -0.2) is 81.9 Å². The van der Waals surface area contributed by atoms with Crippen molar-refractivity contribution in [1.29, 1.82) is 0 Å². The van der Waals surface area contributed by atoms with E-state index in [1.165, 1.54) is 19.1 Å². The Bertz CT molecular complexity index is 1430. The zero-order chi connectivity index (χ0) is 32.2. The predicted octanol–water partition coefficient (Wildman–Crippen LogP) is 2.86. The molecule has 11 nitrogen and oxygen atoms in total. The van der Waals surface area contributed by atoms with Gasteiger partial charge < -0.3 is 33.9 Å². The third-order valence-corrected chi connectivity index (χ3v) is 9.61. The van der Waals surface area contributed by atoms with Crippen molar-refractivity contribution in [1.82, 2.24) is 0 Å². The number of hydrogen-bond donors (Lipinski definition) is 2. The first-order valence-electron chi connectivity index (χ1n) is 14.6. The molecule has 3 fully saturated rings. The molecule has 3 aliphatic rings. The number of benzene rings is 2. The highest BCUT2D eigenvalue weighted by atomic mass is 16.6. The summed E-state index contributed by atoms with van der Waals surface area (Å²) in [4.78, 5) is 52.3. The van der Waals surface area contributed by atoms with Gasteiger partial charge in [0.2, 0.25) is 0 Å². The van der Waals surface area contributed by atoms with E-state index < -0.39 is 89.0 Å². The first-order chi connectivity index (χ1) is 20.7. The lowest BCUT2D eigenvalue weighted by Crippen LogP contribution is -2.81. The summed E-state index contributed by atoms with van der Waals surface area (Å²) >= 11 is 0. The van der Waals surface area contributed by atoms with Gasteiger partial charge in [0.05, 0.1) is 34.2 Å². The topological polar surface area (TPSA) is 155 Å². The quantitative estimate of drug-likeness (QED) is 0.366. The van der Waals surface area contributed by atoms with Crippen LogP contribution in [0.25, 0.3) is 0 Å². The minimum atomic E-state index is -1.76. The number of rotatable bonds is 6. The van der Waals surface area contributed by atoms with E-state index >= 15 is 0 Å². The van der Waals surface area contributed by atoms with Gasteiger partial charge in [0.1, 0.15) is 17.8 Å². The van der Waals surface area contributed by atoms with Gasteiger partial charge in [-0.25, -0.2) is 9.59 Å². The van der Waals surface area contributed by atoms with Crippen molar-refractivity contribution in [3.8, 4) is 0 Å². The third-order valence-electron chi connectivity index (χ3n) is 9.61. The molecule has 1 saturated heterocycles. The van der Waals surface area contributed by atoms with Crippen LogP contribution in [0, 0.1) is 17.3 Å². The number of fused-ring (bicyclic) bond motifs is 1. The zero-order valence-electron chi connectivity index (χ0n) is 25.5. The molecule has 2 aromatic carbocycles. The van der Waals surface area contributed by atoms with Crippen molar-refractivity contribution in [3.63, 3.8) is 0 Å². The molecule has 2 aliphatic carbocycles. The molecule has 1 spiro atoms. The minimum Gasteiger partial charge on any atom is -0.458 e. The van der Waals surface area contributed by atoms with Gasteiger partial charge in [-0.3, -0.25) is 9.59 Å². The van der Waals surface area contributed by atoms with Crippen LogP contribution in [0.5, 0.6) is 0 Å². The molecule has 1 aliphatic heterocycles. The van der Waals surface area contributed by atoms with Gasteiger partial charge in [0.15, 0.2) is 18.3 Å². The molecular formula is C33H38O11. The Balaban J connectivity index is 1.76. The lowest BCUT2D eigenvalue weighted by Gasteiger charge is -2.64. The highest BCUT2D eigenvalue weighted by Crippen LogP contribution is 2.67. The van der Waals surface area contributed by atoms with E-state index in [1.54, 1.807) is 76.2 Å². The molecule has 2 saturated carbocycles. The van der Waals surface area contributed by atoms with Crippen LogP contribution >= 0.6 is 0 Å². The van der Waals surface area contributed by atoms with Crippen LogP contribution < -0.4 is 0 Å². The number of esters is 4. The molecule has 44 heavy (non-hydrogen) atoms. The summed E-state index contributed by atoms with van der Waals surface area (Å²) in [7, 11) is 0. The summed E-state index contributed by atoms with van der Waals surface area (Å²) < 4.78 is 30.5. The largest absolute Gasteiger partial charge is 0.458 e. The lowest BCUT2D eigenvalue weighted by atomic mass is 9.47. The first-order valence-corrected chi connectivity index (χ1v) is 14.6. The normalized spacial score (nSPS) is 36.8. The summed E-state index contributed by atoms with van der Waals surface area (Å²) in [5, 5.41) is 23.9. The van der Waals surface area contributed by atoms with Crippen molar-refractivity contribution >= 4 is 23.9 Å². The van der Waals surface area contributed by atoms with Gasteiger partial charge >= 0.3 is 23.9 Å². The van der Waals surface area contributed by atoms with Crippen molar-refractivity contribution in [3.05, 3.63) is 71.8 Å². The Labute approximate surface area is 255 Å². The second-order valence-electron chi connectivity index (χ2n) is 12.6. The average Bonchev–Trinajstić information content (AvgIpc) is 3.16. The molecule has 1 heterocycles. The molecule has 2 aromatic rings. The fourth-order valence-electron chi connectivity index (χ4n) is 7.81. The van der Waals surface area contributed by atoms with Crippen LogP contribution in [0.2, 0.25) is 0 Å². The van der Waals surface area contributed by atoms with Gasteiger partial charge in [0, 0.05) is 19.8 Å². The molecule has 10 atom stereocenters. The number of carbonyl (C=O) groups excluding carboxylic acids is 4. The Morgan fingerprint density at radius 1 is 0.705 bits per heavy atom. The van der Waals surface area contributed by atoms with Gasteiger partial charge in [-0.15, -0.1) is 0 Å². The molecule has 2 bridgehead atoms. The maximum Gasteiger partial charge on any atom is 0.338 e. The zero-order valence-corrected chi connectivity index (χ0v) is 25.5. The number of carbonyl (C=O) groups is 4. The molecule has 0 unspecified atom stereocenters. The number of ether oxygens (including phenoxy) is 5. The van der Waals surface area contributed by atoms with Crippen LogP contribution in [0.1, 0.15) is 62.3 Å². The maximum atomic E-state index is 13.7. The number of aliphatic hydroxyl groups is 2. The second kappa shape index (κ2) is 11.3. The third kappa shape index (κ3) is 4.78. The second-order valence-corrected chi connectivity index (χ2v) is 12.6. The van der Waals surface area contributed by atoms with Crippen molar-refractivity contribution < 1.29 is 53.1 Å². The maximum absolute atomic E-state index is 13.7. The average molecular weight is 611 g/mol. The van der Waals surface area contributed by atoms with E-state index in [-0.39, 0.29) is 11.1 Å². The summed E-state index contributed by atoms with van der Waals surface area (Å²) in [6, 6.07) is 16.2. The van der Waals surface area contributed by atoms with E-state index in [9.17, 15) is 29.4 Å². The van der Waals surface area contributed by atoms with Crippen LogP contribution in [0.3, 0.4) is 0 Å². The lowest BCUT2D eigenvalue weighted by molar-refractivity contribution is -0.331. The summed E-state index contributed by atoms with van der Waals surface area (Å²) in [6.45, 7) is 8.95. The van der Waals surface area contributed by atoms with E-state index in [2.05, 4.69) is 0 Å². The van der Waals surface area contributed by atoms with Gasteiger partial charge in [-0.1, -0.05) is 43.3 Å². The SMILES string of the molecule is CC(=O)O[C@@H]1[C@H](O)[C@@H](C)[C@]23OC(C)(C)[C@H]([C@H](OC(C)=O)[C@H](OC(=O)c4ccccc4)[C@]2(C)[C@H]1OC(=O)c1ccccc1)[C@H]3O. The van der Waals surface area contributed by atoms with Gasteiger partial charge in [0.25, 0.3) is 0 Å². The molecule has 2 N–H and O–H groups in total. The molecule has 5 rings (SSSR count). The molecule has 236 valence electrons. The van der Waals surface area contributed by atoms with Crippen molar-refractivity contribution in [2.45, 2.75) is 89.4 Å². The predicted molar refractivity (Wildman–Crippen MR) is 153 cm³/mol. The van der Waals surface area contributed by atoms with E-state index in [1.807, 2.05) is 0 Å². The fraction of sp³-hybridized carbons (Fsp3) is 0.515. The first kappa shape index (κ1) is 31.6. The van der Waals surface area contributed by atoms with E-state index in [4.69, 9.17) is 23.7 Å². The number of aliphatic hydroxyl groups excluding tert-OH is 2. The molecule has 0 radical (unpaired) electrons. The standard InChI is InChI=1S/C33H38O11/c1-17-23(36)25(41-19(3)35)28(43-30(39)21-15-11-8-12-16-21)32(6)27(42-29(38)20-13-9-7-10-14-20)24(40-18(2)34)22-26(37)33(17,32)44-31(22,4)5/h7-17,22-28,36-37H,1-6H3/t17-,22-,23-,24+,25-,26-,27+,28+,32-,33-/m1/s1. The van der Waals surface area contributed by atoms with Gasteiger partial charge in [-0.05, 0) is 45.0 Å². The smallest absolute Gasteiger partial charge is 0.338 e. The fourth-order valence-corrected chi connectivity index (χ4v) is 7.81. The molecule has 11 heteroatoms. The number of hydrogen-bond acceptors (Lipinski definition) is 11. The highest BCUT2D eigenvalue weighted by molar-refractivity contribution is 5.90. The Morgan fingerprint density at radius 2 is 1.14 bits per heavy atom. The van der Waals surface area contributed by atoms with Crippen molar-refractivity contribution in [2.75, 3.05) is 0 Å². The summed E-state index contributed by atoms with van der Waals surface area (Å²) in [6.07, 6.45) is -8.61. The van der Waals surface area contributed by atoms with Gasteiger partial charge in [-0.2, -0.15) is 0 Å². The van der Waals surface area contributed by atoms with Crippen LogP contribution in [0.15, 0.2) is 60.7 Å². The van der Waals surface area contributed by atoms with Crippen LogP contribution in [0.4, 0.5) is 0 Å². The van der Waals surface area contributed by atoms with Crippen molar-refractivity contribution in [2.24, 2.45) is 17.3 Å². The Morgan fingerprint density at radius 3 is 1.59 bits per heavy atom. The monoisotopic (exact) mass is 610 g/mol. The minimum absolute atomic E-state index is 0.163. The molecule has 0 amide bonds. The molecule has 0 aromatic heterocycles. The Hall–Kier alpha value is -3.80. The summed E-state index contributed by atoms with van der Waals surface area (Å²) in [5.41, 5.74) is -4.33. The molecular weight excluding hydrogens is 572 g/mol. The van der Waals surface area contributed by atoms with E-state index in [0.717, 1.165) is 6.92 Å². The summed E-state index contributed by atoms with van der Waals surface area (Å²) in [5.74, 6) is -4.96. The van der Waals surface area contributed by atoms with E-state index in [0.29, 0.717) is 0 Å². The van der Waals surface area contributed by atoms with Crippen LogP contribution in [-0.2, 0) is 33.3 Å². The Kier molecular flexibility index (Phi) is 8.11. The highest BCUT2D eigenvalue weighted by Gasteiger charge is 2.84.